The van der Waals surface area contributed by atoms with E-state index < -0.39 is 0 Å². The van der Waals surface area contributed by atoms with Crippen LogP contribution >= 0.6 is 0 Å². The molecule has 4 rings (SSSR count). The van der Waals surface area contributed by atoms with Gasteiger partial charge in [0.1, 0.15) is 11.5 Å². The number of rotatable bonds is 0. The van der Waals surface area contributed by atoms with Crippen molar-refractivity contribution >= 4 is 5.78 Å². The zero-order valence-electron chi connectivity index (χ0n) is 12.1. The molecule has 1 N–H and O–H groups in total. The van der Waals surface area contributed by atoms with Gasteiger partial charge in [-0.25, -0.2) is 0 Å². The van der Waals surface area contributed by atoms with Gasteiger partial charge in [0.25, 0.3) is 0 Å². The summed E-state index contributed by atoms with van der Waals surface area (Å²) in [5.74, 6) is 2.78. The molecule has 0 unspecified atom stereocenters. The maximum atomic E-state index is 12.3. The second-order valence-corrected chi connectivity index (χ2v) is 7.22. The number of Topliss-reactive ketones (excluding diaryl/α,β-unsaturated/α-hetero) is 1. The number of ketones is 1. The summed E-state index contributed by atoms with van der Waals surface area (Å²) < 4.78 is 0. The Morgan fingerprint density at radius 2 is 2.05 bits per heavy atom. The van der Waals surface area contributed by atoms with E-state index in [1.165, 1.54) is 17.5 Å². The van der Waals surface area contributed by atoms with Crippen LogP contribution in [0.4, 0.5) is 0 Å². The molecular weight excluding hydrogens is 248 g/mol. The van der Waals surface area contributed by atoms with Gasteiger partial charge in [0, 0.05) is 11.8 Å². The summed E-state index contributed by atoms with van der Waals surface area (Å²) in [5.41, 5.74) is 2.75. The van der Waals surface area contributed by atoms with E-state index in [1.54, 1.807) is 0 Å². The Kier molecular flexibility index (Phi) is 2.55. The van der Waals surface area contributed by atoms with Gasteiger partial charge in [0.15, 0.2) is 0 Å². The molecule has 3 aliphatic carbocycles. The van der Waals surface area contributed by atoms with E-state index in [0.717, 1.165) is 32.1 Å². The van der Waals surface area contributed by atoms with Crippen LogP contribution in [0.2, 0.25) is 0 Å². The van der Waals surface area contributed by atoms with E-state index in [9.17, 15) is 9.90 Å². The molecule has 1 aromatic rings. The number of phenolic OH excluding ortho intramolecular Hbond substituents is 1. The predicted octanol–water partition coefficient (Wildman–Crippen LogP) is 3.82. The minimum atomic E-state index is -0.0322. The SMILES string of the molecule is C[C@@]12CC[C@H]3c4ccc(O)cc4CC[C@@H]3[C@H]1CCC2=O. The van der Waals surface area contributed by atoms with Crippen molar-refractivity contribution in [3.63, 3.8) is 0 Å². The summed E-state index contributed by atoms with van der Waals surface area (Å²) in [6, 6.07) is 5.90. The zero-order valence-corrected chi connectivity index (χ0v) is 12.1. The summed E-state index contributed by atoms with van der Waals surface area (Å²) in [4.78, 5) is 12.3. The van der Waals surface area contributed by atoms with Crippen LogP contribution in [0.3, 0.4) is 0 Å². The van der Waals surface area contributed by atoms with E-state index in [2.05, 4.69) is 13.0 Å². The fourth-order valence-electron chi connectivity index (χ4n) is 5.34. The monoisotopic (exact) mass is 270 g/mol. The van der Waals surface area contributed by atoms with Crippen molar-refractivity contribution < 1.29 is 9.90 Å². The van der Waals surface area contributed by atoms with Crippen molar-refractivity contribution in [2.75, 3.05) is 0 Å². The molecule has 0 radical (unpaired) electrons. The highest BCUT2D eigenvalue weighted by atomic mass is 16.3. The highest BCUT2D eigenvalue weighted by molar-refractivity contribution is 5.87. The fraction of sp³-hybridized carbons (Fsp3) is 0.611. The van der Waals surface area contributed by atoms with E-state index >= 15 is 0 Å². The minimum absolute atomic E-state index is 0.0322. The first-order chi connectivity index (χ1) is 9.59. The Hall–Kier alpha value is -1.31. The van der Waals surface area contributed by atoms with E-state index in [-0.39, 0.29) is 5.41 Å². The third-order valence-electron chi connectivity index (χ3n) is 6.42. The number of phenols is 1. The van der Waals surface area contributed by atoms with Crippen LogP contribution in [0.15, 0.2) is 18.2 Å². The van der Waals surface area contributed by atoms with Gasteiger partial charge in [0.2, 0.25) is 0 Å². The number of carbonyl (C=O) groups is 1. The molecule has 20 heavy (non-hydrogen) atoms. The van der Waals surface area contributed by atoms with Crippen molar-refractivity contribution in [3.8, 4) is 5.75 Å². The third kappa shape index (κ3) is 1.54. The second kappa shape index (κ2) is 4.09. The first-order valence-electron chi connectivity index (χ1n) is 7.95. The van der Waals surface area contributed by atoms with E-state index in [1.807, 2.05) is 12.1 Å². The lowest BCUT2D eigenvalue weighted by Crippen LogP contribution is -2.42. The number of hydrogen-bond acceptors (Lipinski definition) is 2. The van der Waals surface area contributed by atoms with Gasteiger partial charge < -0.3 is 5.11 Å². The molecule has 1 aromatic carbocycles. The lowest BCUT2D eigenvalue weighted by molar-refractivity contribution is -0.129. The highest BCUT2D eigenvalue weighted by Gasteiger charge is 2.54. The molecule has 2 heteroatoms. The molecule has 0 heterocycles. The first-order valence-corrected chi connectivity index (χ1v) is 7.95. The lowest BCUT2D eigenvalue weighted by atomic mass is 9.55. The molecule has 0 aromatic heterocycles. The Bertz CT molecular complexity index is 577. The molecule has 0 aliphatic heterocycles. The number of aryl methyl sites for hydroxylation is 1. The summed E-state index contributed by atoms with van der Waals surface area (Å²) >= 11 is 0. The van der Waals surface area contributed by atoms with Crippen molar-refractivity contribution in [3.05, 3.63) is 29.3 Å². The van der Waals surface area contributed by atoms with Crippen LogP contribution in [-0.4, -0.2) is 10.9 Å². The van der Waals surface area contributed by atoms with Gasteiger partial charge in [-0.2, -0.15) is 0 Å². The van der Waals surface area contributed by atoms with Gasteiger partial charge in [-0.15, -0.1) is 0 Å². The summed E-state index contributed by atoms with van der Waals surface area (Å²) in [6.07, 6.45) is 6.34. The Labute approximate surface area is 120 Å². The Morgan fingerprint density at radius 1 is 1.20 bits per heavy atom. The number of fused-ring (bicyclic) bond motifs is 5. The molecule has 4 atom stereocenters. The smallest absolute Gasteiger partial charge is 0.139 e. The molecular formula is C18H22O2. The van der Waals surface area contributed by atoms with Crippen LogP contribution in [0, 0.1) is 17.3 Å². The molecule has 0 saturated heterocycles. The number of hydrogen-bond donors (Lipinski definition) is 1. The number of aromatic hydroxyl groups is 1. The van der Waals surface area contributed by atoms with Crippen LogP contribution < -0.4 is 0 Å². The van der Waals surface area contributed by atoms with Gasteiger partial charge in [-0.1, -0.05) is 13.0 Å². The number of carbonyl (C=O) groups excluding carboxylic acids is 1. The standard InChI is InChI=1S/C18H22O2/c1-18-9-8-14-13-5-3-12(19)10-11(13)2-4-15(14)16(18)6-7-17(18)20/h3,5,10,14-16,19H,2,4,6-9H2,1H3/t14-,15-,16+,18+/m0/s1. The Morgan fingerprint density at radius 3 is 2.90 bits per heavy atom. The lowest BCUT2D eigenvalue weighted by Gasteiger charge is -2.48. The maximum Gasteiger partial charge on any atom is 0.139 e. The molecule has 0 amide bonds. The van der Waals surface area contributed by atoms with Crippen molar-refractivity contribution in [1.29, 1.82) is 0 Å². The van der Waals surface area contributed by atoms with Gasteiger partial charge in [-0.05, 0) is 73.1 Å². The van der Waals surface area contributed by atoms with Gasteiger partial charge in [-0.3, -0.25) is 4.79 Å². The van der Waals surface area contributed by atoms with Gasteiger partial charge in [0.05, 0.1) is 0 Å². The van der Waals surface area contributed by atoms with Crippen molar-refractivity contribution in [2.24, 2.45) is 17.3 Å². The maximum absolute atomic E-state index is 12.3. The van der Waals surface area contributed by atoms with Crippen LogP contribution in [0.25, 0.3) is 0 Å². The van der Waals surface area contributed by atoms with E-state index in [0.29, 0.717) is 29.3 Å². The van der Waals surface area contributed by atoms with E-state index in [4.69, 9.17) is 0 Å². The first kappa shape index (κ1) is 12.4. The van der Waals surface area contributed by atoms with Crippen molar-refractivity contribution in [2.45, 2.75) is 51.4 Å². The summed E-state index contributed by atoms with van der Waals surface area (Å²) in [6.45, 7) is 2.22. The minimum Gasteiger partial charge on any atom is -0.508 e. The molecule has 2 fully saturated rings. The predicted molar refractivity (Wildman–Crippen MR) is 77.7 cm³/mol. The number of benzene rings is 1. The normalized spacial score (nSPS) is 39.0. The van der Waals surface area contributed by atoms with Crippen LogP contribution in [0.5, 0.6) is 5.75 Å². The molecule has 0 bridgehead atoms. The highest BCUT2D eigenvalue weighted by Crippen LogP contribution is 2.59. The second-order valence-electron chi connectivity index (χ2n) is 7.22. The van der Waals surface area contributed by atoms with Crippen LogP contribution in [0.1, 0.15) is 56.1 Å². The zero-order chi connectivity index (χ0) is 13.9. The molecule has 3 aliphatic rings. The molecule has 2 nitrogen and oxygen atoms in total. The average molecular weight is 270 g/mol. The third-order valence-corrected chi connectivity index (χ3v) is 6.42. The van der Waals surface area contributed by atoms with Crippen LogP contribution in [-0.2, 0) is 11.2 Å². The fourth-order valence-corrected chi connectivity index (χ4v) is 5.34. The topological polar surface area (TPSA) is 37.3 Å². The summed E-state index contributed by atoms with van der Waals surface area (Å²) in [5, 5.41) is 9.67. The molecule has 0 spiro atoms. The quantitative estimate of drug-likeness (QED) is 0.778. The average Bonchev–Trinajstić information content (AvgIpc) is 2.74. The molecule has 106 valence electrons. The van der Waals surface area contributed by atoms with Gasteiger partial charge >= 0.3 is 0 Å². The van der Waals surface area contributed by atoms with Crippen molar-refractivity contribution in [1.82, 2.24) is 0 Å². The molecule has 2 saturated carbocycles. The Balaban J connectivity index is 1.73. The largest absolute Gasteiger partial charge is 0.508 e. The summed E-state index contributed by atoms with van der Waals surface area (Å²) in [7, 11) is 0.